The highest BCUT2D eigenvalue weighted by molar-refractivity contribution is 5.95. The first-order valence-electron chi connectivity index (χ1n) is 6.15. The predicted octanol–water partition coefficient (Wildman–Crippen LogP) is 1.96. The van der Waals surface area contributed by atoms with E-state index in [-0.39, 0.29) is 5.84 Å². The normalized spacial score (nSPS) is 11.4. The molecule has 0 unspecified atom stereocenters. The Morgan fingerprint density at radius 2 is 2.05 bits per heavy atom. The van der Waals surface area contributed by atoms with Gasteiger partial charge in [0.2, 0.25) is 5.95 Å². The van der Waals surface area contributed by atoms with Crippen LogP contribution in [0, 0.1) is 13.8 Å². The van der Waals surface area contributed by atoms with Crippen LogP contribution in [0.15, 0.2) is 35.6 Å². The van der Waals surface area contributed by atoms with Gasteiger partial charge in [-0.15, -0.1) is 0 Å². The first-order chi connectivity index (χ1) is 9.52. The molecule has 0 saturated heterocycles. The predicted molar refractivity (Wildman–Crippen MR) is 78.5 cm³/mol. The van der Waals surface area contributed by atoms with Crippen LogP contribution in [0.3, 0.4) is 0 Å². The minimum atomic E-state index is -0.0392. The number of nitrogens with zero attached hydrogens (tertiary/aromatic N) is 4. The van der Waals surface area contributed by atoms with Gasteiger partial charge in [-0.2, -0.15) is 0 Å². The lowest BCUT2D eigenvalue weighted by molar-refractivity contribution is 0.318. The number of benzene rings is 1. The summed E-state index contributed by atoms with van der Waals surface area (Å²) in [5.74, 6) is 0.448. The van der Waals surface area contributed by atoms with E-state index in [9.17, 15) is 0 Å². The Kier molecular flexibility index (Phi) is 3.84. The molecular weight excluding hydrogens is 254 g/mol. The summed E-state index contributed by atoms with van der Waals surface area (Å²) in [6.07, 6.45) is 1.58. The smallest absolute Gasteiger partial charge is 0.230 e. The lowest BCUT2D eigenvalue weighted by Crippen LogP contribution is -2.19. The van der Waals surface area contributed by atoms with Crippen LogP contribution in [0.4, 0.5) is 11.6 Å². The second-order valence-electron chi connectivity index (χ2n) is 4.58. The number of nitrogens with two attached hydrogens (primary N) is 1. The summed E-state index contributed by atoms with van der Waals surface area (Å²) in [7, 11) is 1.88. The van der Waals surface area contributed by atoms with Gasteiger partial charge in [-0.3, -0.25) is 0 Å². The van der Waals surface area contributed by atoms with Crippen molar-refractivity contribution in [1.82, 2.24) is 9.97 Å². The average molecular weight is 271 g/mol. The molecule has 0 amide bonds. The van der Waals surface area contributed by atoms with Crippen molar-refractivity contribution in [2.45, 2.75) is 13.8 Å². The van der Waals surface area contributed by atoms with Crippen molar-refractivity contribution in [3.05, 3.63) is 47.3 Å². The van der Waals surface area contributed by atoms with Crippen molar-refractivity contribution in [2.75, 3.05) is 11.9 Å². The Bertz CT molecular complexity index is 654. The van der Waals surface area contributed by atoms with Gasteiger partial charge in [0.15, 0.2) is 5.84 Å². The van der Waals surface area contributed by atoms with E-state index < -0.39 is 0 Å². The highest BCUT2D eigenvalue weighted by atomic mass is 16.4. The first-order valence-corrected chi connectivity index (χ1v) is 6.15. The fraction of sp³-hybridized carbons (Fsp3) is 0.214. The molecule has 0 aliphatic heterocycles. The SMILES string of the molecule is Cc1ccc(N(C)c2nccc(/C(N)=N/O)n2)c(C)c1. The summed E-state index contributed by atoms with van der Waals surface area (Å²) in [5, 5.41) is 11.6. The first kappa shape index (κ1) is 13.8. The van der Waals surface area contributed by atoms with Gasteiger partial charge in [0.1, 0.15) is 5.69 Å². The van der Waals surface area contributed by atoms with E-state index in [1.54, 1.807) is 12.3 Å². The van der Waals surface area contributed by atoms with Crippen molar-refractivity contribution in [3.63, 3.8) is 0 Å². The lowest BCUT2D eigenvalue weighted by Gasteiger charge is -2.20. The number of anilines is 2. The Labute approximate surface area is 117 Å². The summed E-state index contributed by atoms with van der Waals surface area (Å²) < 4.78 is 0. The van der Waals surface area contributed by atoms with Crippen LogP contribution in [0.2, 0.25) is 0 Å². The average Bonchev–Trinajstić information content (AvgIpc) is 2.46. The fourth-order valence-electron chi connectivity index (χ4n) is 1.99. The topological polar surface area (TPSA) is 87.6 Å². The Morgan fingerprint density at radius 3 is 2.70 bits per heavy atom. The van der Waals surface area contributed by atoms with Gasteiger partial charge in [0, 0.05) is 18.9 Å². The molecule has 0 spiro atoms. The van der Waals surface area contributed by atoms with Crippen LogP contribution in [-0.4, -0.2) is 28.1 Å². The maximum absolute atomic E-state index is 8.70. The number of aryl methyl sites for hydroxylation is 2. The molecule has 0 aliphatic carbocycles. The fourth-order valence-corrected chi connectivity index (χ4v) is 1.99. The van der Waals surface area contributed by atoms with Gasteiger partial charge in [-0.05, 0) is 31.5 Å². The molecule has 104 valence electrons. The summed E-state index contributed by atoms with van der Waals surface area (Å²) >= 11 is 0. The van der Waals surface area contributed by atoms with Crippen molar-refractivity contribution < 1.29 is 5.21 Å². The largest absolute Gasteiger partial charge is 0.409 e. The van der Waals surface area contributed by atoms with E-state index >= 15 is 0 Å². The number of rotatable bonds is 3. The minimum absolute atomic E-state index is 0.0392. The number of aromatic nitrogens is 2. The molecule has 0 radical (unpaired) electrons. The molecule has 1 heterocycles. The molecule has 0 aliphatic rings. The molecule has 6 heteroatoms. The maximum Gasteiger partial charge on any atom is 0.230 e. The Hall–Kier alpha value is -2.63. The molecule has 6 nitrogen and oxygen atoms in total. The Morgan fingerprint density at radius 1 is 1.30 bits per heavy atom. The monoisotopic (exact) mass is 271 g/mol. The zero-order valence-electron chi connectivity index (χ0n) is 11.7. The second kappa shape index (κ2) is 5.56. The summed E-state index contributed by atoms with van der Waals surface area (Å²) in [4.78, 5) is 10.4. The van der Waals surface area contributed by atoms with E-state index in [0.29, 0.717) is 11.6 Å². The maximum atomic E-state index is 8.70. The van der Waals surface area contributed by atoms with Gasteiger partial charge in [-0.1, -0.05) is 22.9 Å². The van der Waals surface area contributed by atoms with E-state index in [2.05, 4.69) is 21.2 Å². The number of amidine groups is 1. The number of hydrogen-bond acceptors (Lipinski definition) is 5. The van der Waals surface area contributed by atoms with Crippen molar-refractivity contribution >= 4 is 17.5 Å². The van der Waals surface area contributed by atoms with Gasteiger partial charge in [-0.25, -0.2) is 9.97 Å². The van der Waals surface area contributed by atoms with Gasteiger partial charge in [0.25, 0.3) is 0 Å². The zero-order valence-corrected chi connectivity index (χ0v) is 11.7. The van der Waals surface area contributed by atoms with Crippen LogP contribution in [-0.2, 0) is 0 Å². The molecule has 0 bridgehead atoms. The molecule has 0 saturated carbocycles. The summed E-state index contributed by atoms with van der Waals surface area (Å²) in [5.41, 5.74) is 9.26. The number of oxime groups is 1. The molecule has 3 N–H and O–H groups in total. The molecule has 20 heavy (non-hydrogen) atoms. The van der Waals surface area contributed by atoms with Crippen LogP contribution in [0.1, 0.15) is 16.8 Å². The highest BCUT2D eigenvalue weighted by Gasteiger charge is 2.11. The van der Waals surface area contributed by atoms with Gasteiger partial charge < -0.3 is 15.8 Å². The van der Waals surface area contributed by atoms with E-state index in [1.807, 2.05) is 37.9 Å². The lowest BCUT2D eigenvalue weighted by atomic mass is 10.1. The third kappa shape index (κ3) is 2.69. The molecule has 2 rings (SSSR count). The van der Waals surface area contributed by atoms with E-state index in [1.165, 1.54) is 5.56 Å². The molecule has 0 atom stereocenters. The van der Waals surface area contributed by atoms with Crippen molar-refractivity contribution in [1.29, 1.82) is 0 Å². The molecule has 0 fully saturated rings. The quantitative estimate of drug-likeness (QED) is 0.385. The van der Waals surface area contributed by atoms with E-state index in [4.69, 9.17) is 10.9 Å². The van der Waals surface area contributed by atoms with Gasteiger partial charge in [0.05, 0.1) is 0 Å². The standard InChI is InChI=1S/C14H17N5O/c1-9-4-5-12(10(2)8-9)19(3)14-16-7-6-11(17-14)13(15)18-20/h4-8,20H,1-3H3,(H2,15,18). The Balaban J connectivity index is 2.40. The van der Waals surface area contributed by atoms with Crippen LogP contribution < -0.4 is 10.6 Å². The van der Waals surface area contributed by atoms with Crippen LogP contribution in [0.5, 0.6) is 0 Å². The molecule has 1 aromatic carbocycles. The van der Waals surface area contributed by atoms with Gasteiger partial charge >= 0.3 is 0 Å². The third-order valence-electron chi connectivity index (χ3n) is 3.03. The summed E-state index contributed by atoms with van der Waals surface area (Å²) in [6, 6.07) is 7.74. The summed E-state index contributed by atoms with van der Waals surface area (Å²) in [6.45, 7) is 4.08. The van der Waals surface area contributed by atoms with Crippen molar-refractivity contribution in [3.8, 4) is 0 Å². The highest BCUT2D eigenvalue weighted by Crippen LogP contribution is 2.24. The molecule has 1 aromatic heterocycles. The van der Waals surface area contributed by atoms with E-state index in [0.717, 1.165) is 11.3 Å². The van der Waals surface area contributed by atoms with Crippen LogP contribution in [0.25, 0.3) is 0 Å². The zero-order chi connectivity index (χ0) is 14.7. The third-order valence-corrected chi connectivity index (χ3v) is 3.03. The molecule has 2 aromatic rings. The number of hydrogen-bond donors (Lipinski definition) is 2. The second-order valence-corrected chi connectivity index (χ2v) is 4.58. The van der Waals surface area contributed by atoms with Crippen molar-refractivity contribution in [2.24, 2.45) is 10.9 Å². The van der Waals surface area contributed by atoms with Crippen LogP contribution >= 0.6 is 0 Å². The minimum Gasteiger partial charge on any atom is -0.409 e. The molecular formula is C14H17N5O.